The first-order chi connectivity index (χ1) is 16.8. The molecule has 7 nitrogen and oxygen atoms in total. The van der Waals surface area contributed by atoms with Gasteiger partial charge in [0.2, 0.25) is 0 Å². The Morgan fingerprint density at radius 3 is 1.19 bits per heavy atom. The number of rotatable bonds is 20. The maximum Gasteiger partial charge on any atom is 0.337 e. The molecule has 0 aliphatic carbocycles. The van der Waals surface area contributed by atoms with Crippen LogP contribution in [0.3, 0.4) is 0 Å². The molecular formula is C30H56O7. The Morgan fingerprint density at radius 1 is 0.568 bits per heavy atom. The molecule has 0 saturated carbocycles. The molecule has 0 aliphatic heterocycles. The van der Waals surface area contributed by atoms with Gasteiger partial charge in [0.05, 0.1) is 5.92 Å². The third-order valence-corrected chi connectivity index (χ3v) is 8.61. The highest BCUT2D eigenvalue weighted by Crippen LogP contribution is 2.51. The highest BCUT2D eigenvalue weighted by molar-refractivity contribution is 5.93. The van der Waals surface area contributed by atoms with Crippen LogP contribution >= 0.6 is 0 Å². The molecule has 7 heteroatoms. The second-order valence-electron chi connectivity index (χ2n) is 13.6. The number of aliphatic carboxylic acids is 3. The topological polar surface area (TPSA) is 132 Å². The summed E-state index contributed by atoms with van der Waals surface area (Å²) in [6, 6.07) is 0. The van der Waals surface area contributed by atoms with Gasteiger partial charge >= 0.3 is 17.9 Å². The zero-order chi connectivity index (χ0) is 29.3. The molecule has 0 radical (unpaired) electrons. The van der Waals surface area contributed by atoms with Crippen LogP contribution in [0.15, 0.2) is 0 Å². The van der Waals surface area contributed by atoms with Crippen molar-refractivity contribution in [3.63, 3.8) is 0 Å². The van der Waals surface area contributed by atoms with E-state index in [1.165, 1.54) is 0 Å². The van der Waals surface area contributed by atoms with E-state index in [0.717, 1.165) is 38.5 Å². The minimum atomic E-state index is -2.96. The lowest BCUT2D eigenvalue weighted by Crippen LogP contribution is -2.64. The molecule has 0 spiro atoms. The van der Waals surface area contributed by atoms with Gasteiger partial charge in [0.25, 0.3) is 0 Å². The van der Waals surface area contributed by atoms with Gasteiger partial charge in [-0.15, -0.1) is 0 Å². The van der Waals surface area contributed by atoms with Crippen LogP contribution in [0.2, 0.25) is 0 Å². The summed E-state index contributed by atoms with van der Waals surface area (Å²) >= 11 is 0. The van der Waals surface area contributed by atoms with Gasteiger partial charge in [-0.25, -0.2) is 4.79 Å². The first-order valence-electron chi connectivity index (χ1n) is 14.2. The summed E-state index contributed by atoms with van der Waals surface area (Å²) < 4.78 is 0. The first-order valence-corrected chi connectivity index (χ1v) is 14.2. The quantitative estimate of drug-likeness (QED) is 0.129. The Hall–Kier alpha value is -1.63. The van der Waals surface area contributed by atoms with Crippen LogP contribution in [0, 0.1) is 27.6 Å². The van der Waals surface area contributed by atoms with Gasteiger partial charge < -0.3 is 20.4 Å². The van der Waals surface area contributed by atoms with Gasteiger partial charge in [0.1, 0.15) is 5.41 Å². The van der Waals surface area contributed by atoms with E-state index < -0.39 is 34.8 Å². The predicted molar refractivity (Wildman–Crippen MR) is 148 cm³/mol. The van der Waals surface area contributed by atoms with Crippen LogP contribution in [0.25, 0.3) is 0 Å². The van der Waals surface area contributed by atoms with E-state index in [1.807, 2.05) is 62.3 Å². The molecule has 2 unspecified atom stereocenters. The van der Waals surface area contributed by atoms with E-state index in [-0.39, 0.29) is 35.5 Å². The average Bonchev–Trinajstić information content (AvgIpc) is 2.72. The van der Waals surface area contributed by atoms with E-state index in [2.05, 4.69) is 0 Å². The summed E-state index contributed by atoms with van der Waals surface area (Å²) in [4.78, 5) is 38.6. The Kier molecular flexibility index (Phi) is 13.3. The van der Waals surface area contributed by atoms with Gasteiger partial charge in [-0.05, 0) is 74.0 Å². The van der Waals surface area contributed by atoms with Crippen LogP contribution < -0.4 is 0 Å². The number of hydrogen-bond donors (Lipinski definition) is 4. The minimum absolute atomic E-state index is 0.109. The molecule has 0 aromatic heterocycles. The minimum Gasteiger partial charge on any atom is -0.481 e. The largest absolute Gasteiger partial charge is 0.481 e. The number of carboxylic acids is 3. The summed E-state index contributed by atoms with van der Waals surface area (Å²) in [7, 11) is 0. The Bertz CT molecular complexity index is 731. The molecule has 37 heavy (non-hydrogen) atoms. The molecule has 0 aromatic rings. The molecule has 0 heterocycles. The van der Waals surface area contributed by atoms with Crippen molar-refractivity contribution < 1.29 is 34.8 Å². The zero-order valence-electron chi connectivity index (χ0n) is 25.1. The first kappa shape index (κ1) is 35.4. The Morgan fingerprint density at radius 2 is 0.919 bits per heavy atom. The van der Waals surface area contributed by atoms with Crippen molar-refractivity contribution >= 4 is 17.9 Å². The van der Waals surface area contributed by atoms with Crippen molar-refractivity contribution in [1.82, 2.24) is 0 Å². The highest BCUT2D eigenvalue weighted by atomic mass is 16.4. The number of carbonyl (C=O) groups is 3. The van der Waals surface area contributed by atoms with Gasteiger partial charge in [-0.1, -0.05) is 81.6 Å². The average molecular weight is 529 g/mol. The van der Waals surface area contributed by atoms with E-state index in [9.17, 15) is 34.8 Å². The standard InChI is InChI=1S/C30H56O7/c1-10-14-26(4,5)17-13-22(23(31)32)30(37,25(35)36)29(24(33)34,20-18-27(6,7)15-11-2)21-19-28(8,9)16-12-3/h22,37H,10-21H2,1-9H3,(H,31,32)(H,33,34)(H,35,36). The van der Waals surface area contributed by atoms with Crippen LogP contribution in [0.5, 0.6) is 0 Å². The lowest BCUT2D eigenvalue weighted by molar-refractivity contribution is -0.209. The fourth-order valence-electron chi connectivity index (χ4n) is 6.13. The molecule has 218 valence electrons. The van der Waals surface area contributed by atoms with Crippen LogP contribution in [0.1, 0.15) is 139 Å². The maximum atomic E-state index is 13.1. The molecule has 0 bridgehead atoms. The van der Waals surface area contributed by atoms with E-state index in [1.54, 1.807) is 0 Å². The molecule has 4 N–H and O–H groups in total. The molecule has 0 rings (SSSR count). The fraction of sp³-hybridized carbons (Fsp3) is 0.900. The molecular weight excluding hydrogens is 472 g/mol. The smallest absolute Gasteiger partial charge is 0.337 e. The summed E-state index contributed by atoms with van der Waals surface area (Å²) in [5, 5.41) is 43.4. The van der Waals surface area contributed by atoms with E-state index >= 15 is 0 Å². The third-order valence-electron chi connectivity index (χ3n) is 8.61. The van der Waals surface area contributed by atoms with Crippen LogP contribution in [-0.2, 0) is 14.4 Å². The molecule has 2 atom stereocenters. The zero-order valence-corrected chi connectivity index (χ0v) is 25.1. The van der Waals surface area contributed by atoms with Gasteiger partial charge in [-0.3, -0.25) is 9.59 Å². The monoisotopic (exact) mass is 528 g/mol. The third kappa shape index (κ3) is 9.56. The number of hydrogen-bond acceptors (Lipinski definition) is 4. The fourth-order valence-corrected chi connectivity index (χ4v) is 6.13. The van der Waals surface area contributed by atoms with Crippen LogP contribution in [-0.4, -0.2) is 43.9 Å². The lowest BCUT2D eigenvalue weighted by atomic mass is 9.57. The molecule has 0 aliphatic rings. The van der Waals surface area contributed by atoms with Crippen molar-refractivity contribution in [2.45, 2.75) is 145 Å². The second-order valence-corrected chi connectivity index (χ2v) is 13.6. The van der Waals surface area contributed by atoms with Crippen molar-refractivity contribution in [3.05, 3.63) is 0 Å². The summed E-state index contributed by atoms with van der Waals surface area (Å²) in [5.41, 5.74) is -5.93. The number of carboxylic acid groups (broad SMARTS) is 3. The van der Waals surface area contributed by atoms with Crippen molar-refractivity contribution in [1.29, 1.82) is 0 Å². The molecule has 0 fully saturated rings. The summed E-state index contributed by atoms with van der Waals surface area (Å²) in [6.45, 7) is 18.1. The van der Waals surface area contributed by atoms with E-state index in [4.69, 9.17) is 0 Å². The Labute approximate surface area is 225 Å². The second kappa shape index (κ2) is 14.0. The normalized spacial score (nSPS) is 15.7. The lowest BCUT2D eigenvalue weighted by Gasteiger charge is -2.47. The summed E-state index contributed by atoms with van der Waals surface area (Å²) in [6.07, 6.45) is 5.83. The maximum absolute atomic E-state index is 13.1. The van der Waals surface area contributed by atoms with Crippen molar-refractivity contribution in [3.8, 4) is 0 Å². The van der Waals surface area contributed by atoms with Gasteiger partial charge in [-0.2, -0.15) is 0 Å². The summed E-state index contributed by atoms with van der Waals surface area (Å²) in [5.74, 6) is -6.42. The van der Waals surface area contributed by atoms with Crippen molar-refractivity contribution in [2.24, 2.45) is 27.6 Å². The molecule has 0 aromatic carbocycles. The predicted octanol–water partition coefficient (Wildman–Crippen LogP) is 7.39. The molecule has 0 amide bonds. The SMILES string of the molecule is CCCC(C)(C)CCC(C(=O)O)C(O)(C(=O)O)C(CCC(C)(C)CCC)(CCC(C)(C)CCC)C(=O)O. The highest BCUT2D eigenvalue weighted by Gasteiger charge is 2.66. The Balaban J connectivity index is 6.91. The molecule has 0 saturated heterocycles. The van der Waals surface area contributed by atoms with Gasteiger partial charge in [0.15, 0.2) is 5.60 Å². The van der Waals surface area contributed by atoms with Crippen LogP contribution in [0.4, 0.5) is 0 Å². The van der Waals surface area contributed by atoms with Crippen molar-refractivity contribution in [2.75, 3.05) is 0 Å². The van der Waals surface area contributed by atoms with E-state index in [0.29, 0.717) is 19.3 Å². The van der Waals surface area contributed by atoms with Gasteiger partial charge in [0, 0.05) is 0 Å². The number of aliphatic hydroxyl groups is 1.